The van der Waals surface area contributed by atoms with Crippen LogP contribution in [0.15, 0.2) is 53.5 Å². The monoisotopic (exact) mass is 554 g/mol. The molecule has 0 aliphatic heterocycles. The number of carbonyl (C=O) groups is 1. The molecule has 2 aromatic carbocycles. The fraction of sp³-hybridized carbons (Fsp3) is 0.417. The summed E-state index contributed by atoms with van der Waals surface area (Å²) in [5.41, 5.74) is 2.76. The zero-order valence-corrected chi connectivity index (χ0v) is 21.5. The van der Waals surface area contributed by atoms with Crippen molar-refractivity contribution in [3.8, 4) is 5.75 Å². The van der Waals surface area contributed by atoms with Gasteiger partial charge in [0, 0.05) is 50.5 Å². The number of anilines is 2. The lowest BCUT2D eigenvalue weighted by atomic mass is 10.2. The van der Waals surface area contributed by atoms with Gasteiger partial charge in [0.15, 0.2) is 5.96 Å². The van der Waals surface area contributed by atoms with Crippen LogP contribution in [0.4, 0.5) is 11.4 Å². The van der Waals surface area contributed by atoms with Gasteiger partial charge in [0.25, 0.3) is 0 Å². The molecule has 0 aliphatic rings. The van der Waals surface area contributed by atoms with E-state index in [0.29, 0.717) is 32.1 Å². The molecule has 8 heteroatoms. The number of ether oxygens (including phenoxy) is 2. The number of halogens is 1. The average Bonchev–Trinajstić information content (AvgIpc) is 2.77. The van der Waals surface area contributed by atoms with Crippen LogP contribution in [-0.4, -0.2) is 38.7 Å². The minimum atomic E-state index is 0. The van der Waals surface area contributed by atoms with Crippen molar-refractivity contribution in [3.63, 3.8) is 0 Å². The maximum Gasteiger partial charge on any atom is 0.224 e. The van der Waals surface area contributed by atoms with Crippen molar-refractivity contribution in [2.45, 2.75) is 39.7 Å². The molecule has 0 spiro atoms. The van der Waals surface area contributed by atoms with Crippen LogP contribution < -0.4 is 20.7 Å². The molecule has 0 aromatic heterocycles. The number of rotatable bonds is 12. The largest absolute Gasteiger partial charge is 0.493 e. The molecule has 0 atom stereocenters. The second kappa shape index (κ2) is 16.3. The van der Waals surface area contributed by atoms with Crippen molar-refractivity contribution in [1.29, 1.82) is 0 Å². The van der Waals surface area contributed by atoms with Gasteiger partial charge in [-0.2, -0.15) is 0 Å². The van der Waals surface area contributed by atoms with Crippen LogP contribution in [0.25, 0.3) is 0 Å². The highest BCUT2D eigenvalue weighted by Crippen LogP contribution is 2.18. The van der Waals surface area contributed by atoms with E-state index in [2.05, 4.69) is 20.9 Å². The third kappa shape index (κ3) is 10.8. The predicted octanol–water partition coefficient (Wildman–Crippen LogP) is 5.04. The van der Waals surface area contributed by atoms with Gasteiger partial charge in [-0.1, -0.05) is 25.1 Å². The summed E-state index contributed by atoms with van der Waals surface area (Å²) in [6, 6.07) is 15.6. The molecule has 0 aliphatic carbocycles. The maximum absolute atomic E-state index is 11.7. The van der Waals surface area contributed by atoms with Gasteiger partial charge >= 0.3 is 0 Å². The van der Waals surface area contributed by atoms with Crippen molar-refractivity contribution in [3.05, 3.63) is 54.1 Å². The van der Waals surface area contributed by atoms with Gasteiger partial charge < -0.3 is 25.4 Å². The maximum atomic E-state index is 11.7. The van der Waals surface area contributed by atoms with E-state index < -0.39 is 0 Å². The molecule has 176 valence electrons. The standard InChI is InChI=1S/C24H34N4O3.HI/c1-4-8-23(29)27-20-13-11-19(12-14-20)18-26-24(25-5-2)28-21-9-6-10-22(17-21)31-16-7-15-30-3;/h6,9-14,17H,4-5,7-8,15-16,18H2,1-3H3,(H,27,29)(H2,25,26,28);1H. The quantitative estimate of drug-likeness (QED) is 0.148. The van der Waals surface area contributed by atoms with Crippen LogP contribution in [0.5, 0.6) is 5.75 Å². The summed E-state index contributed by atoms with van der Waals surface area (Å²) in [6.45, 7) is 6.58. The zero-order chi connectivity index (χ0) is 22.3. The zero-order valence-electron chi connectivity index (χ0n) is 19.1. The Kier molecular flexibility index (Phi) is 14.1. The molecule has 3 N–H and O–H groups in total. The minimum absolute atomic E-state index is 0. The Balaban J connectivity index is 0.00000512. The van der Waals surface area contributed by atoms with Gasteiger partial charge in [-0.3, -0.25) is 4.79 Å². The van der Waals surface area contributed by atoms with Crippen molar-refractivity contribution in [2.75, 3.05) is 37.5 Å². The number of hydrogen-bond acceptors (Lipinski definition) is 4. The van der Waals surface area contributed by atoms with E-state index in [1.165, 1.54) is 0 Å². The number of hydrogen-bond donors (Lipinski definition) is 3. The second-order valence-electron chi connectivity index (χ2n) is 7.04. The molecule has 0 saturated carbocycles. The lowest BCUT2D eigenvalue weighted by Gasteiger charge is -2.13. The Bertz CT molecular complexity index is 828. The number of carbonyl (C=O) groups excluding carboxylic acids is 1. The summed E-state index contributed by atoms with van der Waals surface area (Å²) in [5.74, 6) is 1.54. The van der Waals surface area contributed by atoms with Gasteiger partial charge in [-0.25, -0.2) is 4.99 Å². The molecule has 0 saturated heterocycles. The molecule has 0 bridgehead atoms. The highest BCUT2D eigenvalue weighted by atomic mass is 127. The summed E-state index contributed by atoms with van der Waals surface area (Å²) in [4.78, 5) is 16.4. The molecule has 0 radical (unpaired) electrons. The van der Waals surface area contributed by atoms with Crippen LogP contribution in [0.2, 0.25) is 0 Å². The molecular formula is C24H35IN4O3. The van der Waals surface area contributed by atoms with Gasteiger partial charge in [-0.15, -0.1) is 24.0 Å². The van der Waals surface area contributed by atoms with Crippen molar-refractivity contribution in [2.24, 2.45) is 4.99 Å². The average molecular weight is 554 g/mol. The van der Waals surface area contributed by atoms with E-state index >= 15 is 0 Å². The van der Waals surface area contributed by atoms with E-state index in [1.807, 2.05) is 62.4 Å². The van der Waals surface area contributed by atoms with E-state index in [9.17, 15) is 4.79 Å². The molecule has 2 rings (SSSR count). The van der Waals surface area contributed by atoms with Gasteiger partial charge in [0.2, 0.25) is 5.91 Å². The number of aliphatic imine (C=N–C) groups is 1. The van der Waals surface area contributed by atoms with Crippen LogP contribution in [-0.2, 0) is 16.1 Å². The highest BCUT2D eigenvalue weighted by molar-refractivity contribution is 14.0. The third-order valence-corrected chi connectivity index (χ3v) is 4.34. The van der Waals surface area contributed by atoms with Gasteiger partial charge in [0.1, 0.15) is 5.75 Å². The lowest BCUT2D eigenvalue weighted by molar-refractivity contribution is -0.116. The first-order chi connectivity index (χ1) is 15.1. The normalized spacial score (nSPS) is 10.8. The first-order valence-corrected chi connectivity index (χ1v) is 10.8. The number of nitrogens with one attached hydrogen (secondary N) is 3. The minimum Gasteiger partial charge on any atom is -0.493 e. The van der Waals surface area contributed by atoms with E-state index in [-0.39, 0.29) is 29.9 Å². The first kappa shape index (κ1) is 27.7. The third-order valence-electron chi connectivity index (χ3n) is 4.34. The van der Waals surface area contributed by atoms with Crippen LogP contribution in [0.1, 0.15) is 38.7 Å². The summed E-state index contributed by atoms with van der Waals surface area (Å²) >= 11 is 0. The molecule has 7 nitrogen and oxygen atoms in total. The van der Waals surface area contributed by atoms with Crippen LogP contribution >= 0.6 is 24.0 Å². The molecule has 32 heavy (non-hydrogen) atoms. The summed E-state index contributed by atoms with van der Waals surface area (Å²) in [6.07, 6.45) is 2.21. The van der Waals surface area contributed by atoms with Gasteiger partial charge in [0.05, 0.1) is 13.2 Å². The highest BCUT2D eigenvalue weighted by Gasteiger charge is 2.03. The number of nitrogens with zero attached hydrogens (tertiary/aromatic N) is 1. The summed E-state index contributed by atoms with van der Waals surface area (Å²) in [7, 11) is 1.69. The Labute approximate surface area is 208 Å². The molecule has 0 heterocycles. The summed E-state index contributed by atoms with van der Waals surface area (Å²) in [5, 5.41) is 9.47. The topological polar surface area (TPSA) is 84.0 Å². The number of guanidine groups is 1. The van der Waals surface area contributed by atoms with E-state index in [0.717, 1.165) is 42.1 Å². The van der Waals surface area contributed by atoms with E-state index in [1.54, 1.807) is 7.11 Å². The summed E-state index contributed by atoms with van der Waals surface area (Å²) < 4.78 is 10.8. The number of methoxy groups -OCH3 is 1. The second-order valence-corrected chi connectivity index (χ2v) is 7.04. The van der Waals surface area contributed by atoms with Crippen molar-refractivity contribution < 1.29 is 14.3 Å². The van der Waals surface area contributed by atoms with Crippen molar-refractivity contribution >= 4 is 47.2 Å². The SMILES string of the molecule is CCCC(=O)Nc1ccc(CN=C(NCC)Nc2cccc(OCCCOC)c2)cc1.I. The van der Waals surface area contributed by atoms with Crippen LogP contribution in [0.3, 0.4) is 0 Å². The van der Waals surface area contributed by atoms with Crippen molar-refractivity contribution in [1.82, 2.24) is 5.32 Å². The smallest absolute Gasteiger partial charge is 0.224 e. The fourth-order valence-corrected chi connectivity index (χ4v) is 2.82. The first-order valence-electron chi connectivity index (χ1n) is 10.8. The molecule has 1 amide bonds. The molecule has 0 fully saturated rings. The Morgan fingerprint density at radius 3 is 2.47 bits per heavy atom. The molecule has 2 aromatic rings. The van der Waals surface area contributed by atoms with Gasteiger partial charge in [-0.05, 0) is 43.2 Å². The Morgan fingerprint density at radius 2 is 1.78 bits per heavy atom. The number of benzene rings is 2. The Morgan fingerprint density at radius 1 is 1.00 bits per heavy atom. The van der Waals surface area contributed by atoms with Crippen LogP contribution in [0, 0.1) is 0 Å². The Hall–Kier alpha value is -2.33. The molecular weight excluding hydrogens is 519 g/mol. The van der Waals surface area contributed by atoms with E-state index in [4.69, 9.17) is 9.47 Å². The lowest BCUT2D eigenvalue weighted by Crippen LogP contribution is -2.30. The number of amides is 1. The fourth-order valence-electron chi connectivity index (χ4n) is 2.82. The molecule has 0 unspecified atom stereocenters. The predicted molar refractivity (Wildman–Crippen MR) is 142 cm³/mol.